The fourth-order valence-electron chi connectivity index (χ4n) is 1.42. The second kappa shape index (κ2) is 7.73. The van der Waals surface area contributed by atoms with Crippen molar-refractivity contribution in [1.82, 2.24) is 10.3 Å². The van der Waals surface area contributed by atoms with E-state index in [4.69, 9.17) is 5.11 Å². The molecule has 1 heterocycles. The molecule has 0 spiro atoms. The summed E-state index contributed by atoms with van der Waals surface area (Å²) in [4.78, 5) is 15.0. The lowest BCUT2D eigenvalue weighted by molar-refractivity contribution is 0.0946. The lowest BCUT2D eigenvalue weighted by atomic mass is 10.2. The van der Waals surface area contributed by atoms with Crippen molar-refractivity contribution in [3.05, 3.63) is 29.8 Å². The summed E-state index contributed by atoms with van der Waals surface area (Å²) in [5.41, 5.74) is 0.0976. The number of nitrogens with one attached hydrogen (secondary N) is 1. The van der Waals surface area contributed by atoms with E-state index in [2.05, 4.69) is 10.3 Å². The van der Waals surface area contributed by atoms with Crippen LogP contribution in [0.2, 0.25) is 0 Å². The molecule has 17 heavy (non-hydrogen) atoms. The number of rotatable bonds is 7. The van der Waals surface area contributed by atoms with Crippen LogP contribution in [0, 0.1) is 5.95 Å². The van der Waals surface area contributed by atoms with Gasteiger partial charge < -0.3 is 10.4 Å². The number of carbonyl (C=O) groups is 1. The fraction of sp³-hybridized carbons (Fsp3) is 0.500. The molecule has 0 saturated heterocycles. The van der Waals surface area contributed by atoms with Crippen LogP contribution in [0.1, 0.15) is 36.2 Å². The lowest BCUT2D eigenvalue weighted by Crippen LogP contribution is -2.25. The van der Waals surface area contributed by atoms with E-state index < -0.39 is 5.95 Å². The smallest absolute Gasteiger partial charge is 0.269 e. The van der Waals surface area contributed by atoms with E-state index in [1.54, 1.807) is 0 Å². The van der Waals surface area contributed by atoms with Gasteiger partial charge in [-0.05, 0) is 25.0 Å². The van der Waals surface area contributed by atoms with Crippen molar-refractivity contribution in [2.45, 2.75) is 25.7 Å². The van der Waals surface area contributed by atoms with Crippen molar-refractivity contribution in [3.8, 4) is 0 Å². The molecule has 0 aromatic carbocycles. The van der Waals surface area contributed by atoms with E-state index in [0.29, 0.717) is 6.54 Å². The lowest BCUT2D eigenvalue weighted by Gasteiger charge is -2.04. The van der Waals surface area contributed by atoms with Crippen LogP contribution in [0.3, 0.4) is 0 Å². The van der Waals surface area contributed by atoms with Gasteiger partial charge in [-0.15, -0.1) is 0 Å². The number of halogens is 1. The number of carbonyl (C=O) groups excluding carboxylic acids is 1. The Morgan fingerprint density at radius 2 is 2.06 bits per heavy atom. The average molecular weight is 240 g/mol. The normalized spacial score (nSPS) is 10.2. The maximum atomic E-state index is 12.7. The van der Waals surface area contributed by atoms with E-state index >= 15 is 0 Å². The van der Waals surface area contributed by atoms with Crippen molar-refractivity contribution in [1.29, 1.82) is 0 Å². The molecular weight excluding hydrogens is 223 g/mol. The Bertz CT molecular complexity index is 358. The molecule has 0 saturated carbocycles. The van der Waals surface area contributed by atoms with Gasteiger partial charge in [-0.3, -0.25) is 4.79 Å². The van der Waals surface area contributed by atoms with Crippen molar-refractivity contribution < 1.29 is 14.3 Å². The van der Waals surface area contributed by atoms with Crippen LogP contribution < -0.4 is 5.32 Å². The van der Waals surface area contributed by atoms with Gasteiger partial charge in [0.15, 0.2) is 0 Å². The molecule has 0 bridgehead atoms. The number of nitrogens with zero attached hydrogens (tertiary/aromatic N) is 1. The van der Waals surface area contributed by atoms with Gasteiger partial charge >= 0.3 is 0 Å². The summed E-state index contributed by atoms with van der Waals surface area (Å²) >= 11 is 0. The first-order valence-corrected chi connectivity index (χ1v) is 5.75. The first-order valence-electron chi connectivity index (χ1n) is 5.75. The molecule has 1 amide bonds. The summed E-state index contributed by atoms with van der Waals surface area (Å²) < 4.78 is 12.7. The van der Waals surface area contributed by atoms with Gasteiger partial charge in [0.25, 0.3) is 5.91 Å². The highest BCUT2D eigenvalue weighted by atomic mass is 19.1. The van der Waals surface area contributed by atoms with E-state index in [-0.39, 0.29) is 18.2 Å². The molecule has 0 fully saturated rings. The predicted molar refractivity (Wildman–Crippen MR) is 62.1 cm³/mol. The summed E-state index contributed by atoms with van der Waals surface area (Å²) in [6.07, 6.45) is 3.54. The van der Waals surface area contributed by atoms with Crippen LogP contribution in [-0.2, 0) is 0 Å². The fourth-order valence-corrected chi connectivity index (χ4v) is 1.42. The van der Waals surface area contributed by atoms with Crippen LogP contribution in [0.25, 0.3) is 0 Å². The highest BCUT2D eigenvalue weighted by Crippen LogP contribution is 2.00. The zero-order chi connectivity index (χ0) is 12.5. The minimum absolute atomic E-state index is 0.0976. The van der Waals surface area contributed by atoms with Crippen molar-refractivity contribution in [2.24, 2.45) is 0 Å². The molecule has 0 radical (unpaired) electrons. The first kappa shape index (κ1) is 13.6. The maximum absolute atomic E-state index is 12.7. The summed E-state index contributed by atoms with van der Waals surface area (Å²) in [5, 5.41) is 11.2. The molecule has 1 aromatic rings. The van der Waals surface area contributed by atoms with Crippen LogP contribution in [0.4, 0.5) is 4.39 Å². The maximum Gasteiger partial charge on any atom is 0.269 e. The average Bonchev–Trinajstić information content (AvgIpc) is 2.33. The number of pyridine rings is 1. The Balaban J connectivity index is 2.21. The predicted octanol–water partition coefficient (Wildman–Crippen LogP) is 1.50. The highest BCUT2D eigenvalue weighted by Gasteiger charge is 2.06. The monoisotopic (exact) mass is 240 g/mol. The zero-order valence-corrected chi connectivity index (χ0v) is 9.66. The van der Waals surface area contributed by atoms with E-state index in [1.807, 2.05) is 0 Å². The third kappa shape index (κ3) is 5.40. The molecule has 0 aliphatic carbocycles. The quantitative estimate of drug-likeness (QED) is 0.561. The largest absolute Gasteiger partial charge is 0.396 e. The summed E-state index contributed by atoms with van der Waals surface area (Å²) in [5.74, 6) is -1.01. The summed E-state index contributed by atoms with van der Waals surface area (Å²) in [6.45, 7) is 0.752. The van der Waals surface area contributed by atoms with Crippen molar-refractivity contribution >= 4 is 5.91 Å². The SMILES string of the molecule is O=C(NCCCCCCO)c1cccc(F)n1. The molecule has 2 N–H and O–H groups in total. The van der Waals surface area contributed by atoms with Gasteiger partial charge in [0.2, 0.25) is 5.95 Å². The molecular formula is C12H17FN2O2. The Morgan fingerprint density at radius 1 is 1.29 bits per heavy atom. The number of unbranched alkanes of at least 4 members (excludes halogenated alkanes) is 3. The van der Waals surface area contributed by atoms with Gasteiger partial charge in [0.05, 0.1) is 0 Å². The summed E-state index contributed by atoms with van der Waals surface area (Å²) in [6, 6.07) is 4.13. The Labute approximate surface area is 99.9 Å². The second-order valence-corrected chi connectivity index (χ2v) is 3.74. The number of amides is 1. The standard InChI is InChI=1S/C12H17FN2O2/c13-11-7-5-6-10(15-11)12(17)14-8-3-1-2-4-9-16/h5-7,16H,1-4,8-9H2,(H,14,17). The molecule has 5 heteroatoms. The second-order valence-electron chi connectivity index (χ2n) is 3.74. The molecule has 0 atom stereocenters. The molecule has 94 valence electrons. The van der Waals surface area contributed by atoms with Crippen LogP contribution in [0.15, 0.2) is 18.2 Å². The van der Waals surface area contributed by atoms with E-state index in [1.165, 1.54) is 18.2 Å². The minimum atomic E-state index is -0.652. The van der Waals surface area contributed by atoms with Gasteiger partial charge in [0, 0.05) is 13.2 Å². The van der Waals surface area contributed by atoms with Gasteiger partial charge in [-0.25, -0.2) is 4.98 Å². The molecule has 0 aliphatic rings. The first-order chi connectivity index (χ1) is 8.24. The number of aliphatic hydroxyl groups is 1. The number of hydrogen-bond donors (Lipinski definition) is 2. The molecule has 1 rings (SSSR count). The van der Waals surface area contributed by atoms with Crippen LogP contribution in [0.5, 0.6) is 0 Å². The highest BCUT2D eigenvalue weighted by molar-refractivity contribution is 5.92. The Kier molecular flexibility index (Phi) is 6.17. The topological polar surface area (TPSA) is 62.2 Å². The van der Waals surface area contributed by atoms with E-state index in [9.17, 15) is 9.18 Å². The molecule has 1 aromatic heterocycles. The summed E-state index contributed by atoms with van der Waals surface area (Å²) in [7, 11) is 0. The Morgan fingerprint density at radius 3 is 2.76 bits per heavy atom. The van der Waals surface area contributed by atoms with E-state index in [0.717, 1.165) is 25.7 Å². The van der Waals surface area contributed by atoms with Gasteiger partial charge in [0.1, 0.15) is 5.69 Å². The minimum Gasteiger partial charge on any atom is -0.396 e. The van der Waals surface area contributed by atoms with Crippen LogP contribution >= 0.6 is 0 Å². The molecule has 4 nitrogen and oxygen atoms in total. The number of aliphatic hydroxyl groups excluding tert-OH is 1. The number of aromatic nitrogens is 1. The van der Waals surface area contributed by atoms with Crippen LogP contribution in [-0.4, -0.2) is 29.1 Å². The third-order valence-electron chi connectivity index (χ3n) is 2.32. The molecule has 0 aliphatic heterocycles. The van der Waals surface area contributed by atoms with Crippen molar-refractivity contribution in [3.63, 3.8) is 0 Å². The van der Waals surface area contributed by atoms with Crippen molar-refractivity contribution in [2.75, 3.05) is 13.2 Å². The number of hydrogen-bond acceptors (Lipinski definition) is 3. The Hall–Kier alpha value is -1.49. The zero-order valence-electron chi connectivity index (χ0n) is 9.66. The van der Waals surface area contributed by atoms with Gasteiger partial charge in [-0.2, -0.15) is 4.39 Å². The third-order valence-corrected chi connectivity index (χ3v) is 2.32. The van der Waals surface area contributed by atoms with Gasteiger partial charge in [-0.1, -0.05) is 18.9 Å². The molecule has 0 unspecified atom stereocenters.